The predicted octanol–water partition coefficient (Wildman–Crippen LogP) is 6.31. The number of carbonyl (C=O) groups is 1. The van der Waals surface area contributed by atoms with Crippen LogP contribution in [-0.4, -0.2) is 60.7 Å². The lowest BCUT2D eigenvalue weighted by atomic mass is 9.93. The van der Waals surface area contributed by atoms with Crippen molar-refractivity contribution in [2.45, 2.75) is 83.1 Å². The number of anilines is 2. The molecule has 0 spiro atoms. The summed E-state index contributed by atoms with van der Waals surface area (Å²) in [5.41, 5.74) is 2.42. The first kappa shape index (κ1) is 32.8. The van der Waals surface area contributed by atoms with Crippen LogP contribution in [0.4, 0.5) is 33.3 Å². The molecule has 2 fully saturated rings. The van der Waals surface area contributed by atoms with Crippen molar-refractivity contribution >= 4 is 17.3 Å². The van der Waals surface area contributed by atoms with E-state index in [1.165, 1.54) is 0 Å². The third-order valence-corrected chi connectivity index (χ3v) is 10.1. The standard InChI is InChI=1S/C35H36F5N7O2/c1-17-27(35(38,39)40)22(14-23(41)28(17)36)30-29(37)31(42-15-21-12-13-45(4)44-21)26-33(43-30)49-19(3)32-25-11-10-24(18(2)47(32)34(26)48)46(25)16-20-8-6-5-7-9-20/h5-9,12-14,18-19,24-25,32H,10-11,15-16,41H2,1-4H3,(H,42,43)/t18-,19+,24-,25+,32-/m1/s1. The van der Waals surface area contributed by atoms with Gasteiger partial charge in [-0.05, 0) is 56.9 Å². The van der Waals surface area contributed by atoms with Gasteiger partial charge in [0.25, 0.3) is 5.91 Å². The molecule has 2 aromatic carbocycles. The number of nitrogens with two attached hydrogens (primary N) is 1. The Morgan fingerprint density at radius 1 is 1.06 bits per heavy atom. The third kappa shape index (κ3) is 5.45. The number of pyridine rings is 1. The van der Waals surface area contributed by atoms with Gasteiger partial charge in [-0.1, -0.05) is 30.3 Å². The van der Waals surface area contributed by atoms with Crippen LogP contribution < -0.4 is 15.8 Å². The summed E-state index contributed by atoms with van der Waals surface area (Å²) in [5, 5.41) is 7.23. The molecule has 2 bridgehead atoms. The van der Waals surface area contributed by atoms with Crippen LogP contribution in [0.3, 0.4) is 0 Å². The molecule has 49 heavy (non-hydrogen) atoms. The highest BCUT2D eigenvalue weighted by molar-refractivity contribution is 6.03. The van der Waals surface area contributed by atoms with Crippen molar-refractivity contribution in [1.82, 2.24) is 24.6 Å². The summed E-state index contributed by atoms with van der Waals surface area (Å²) in [4.78, 5) is 23.2. The molecule has 3 aliphatic rings. The summed E-state index contributed by atoms with van der Waals surface area (Å²) in [6.45, 7) is 5.28. The van der Waals surface area contributed by atoms with E-state index in [0.29, 0.717) is 12.2 Å². The van der Waals surface area contributed by atoms with Crippen LogP contribution in [0.2, 0.25) is 0 Å². The van der Waals surface area contributed by atoms with Crippen molar-refractivity contribution in [3.8, 4) is 17.1 Å². The number of nitrogens with zero attached hydrogens (tertiary/aromatic N) is 5. The molecule has 0 unspecified atom stereocenters. The molecule has 7 rings (SSSR count). The zero-order valence-electron chi connectivity index (χ0n) is 27.4. The van der Waals surface area contributed by atoms with Gasteiger partial charge < -0.3 is 20.7 Å². The van der Waals surface area contributed by atoms with Gasteiger partial charge in [0.2, 0.25) is 5.88 Å². The minimum Gasteiger partial charge on any atom is -0.472 e. The molecule has 14 heteroatoms. The van der Waals surface area contributed by atoms with Gasteiger partial charge >= 0.3 is 6.18 Å². The van der Waals surface area contributed by atoms with Gasteiger partial charge in [-0.25, -0.2) is 13.8 Å². The summed E-state index contributed by atoms with van der Waals surface area (Å²) in [6.07, 6.45) is -2.44. The molecule has 0 saturated carbocycles. The number of piperazine rings is 1. The second-order valence-electron chi connectivity index (χ2n) is 13.1. The van der Waals surface area contributed by atoms with Gasteiger partial charge in [0.05, 0.1) is 35.2 Å². The second-order valence-corrected chi connectivity index (χ2v) is 13.1. The Hall–Kier alpha value is -4.72. The molecular weight excluding hydrogens is 645 g/mol. The van der Waals surface area contributed by atoms with Crippen LogP contribution in [0, 0.1) is 18.6 Å². The number of nitrogen functional groups attached to an aromatic ring is 1. The first-order valence-corrected chi connectivity index (χ1v) is 16.2. The summed E-state index contributed by atoms with van der Waals surface area (Å²) >= 11 is 0. The number of rotatable bonds is 6. The van der Waals surface area contributed by atoms with Crippen LogP contribution in [0.1, 0.15) is 59.4 Å². The number of aromatic nitrogens is 3. The number of amides is 1. The summed E-state index contributed by atoms with van der Waals surface area (Å²) < 4.78 is 83.0. The zero-order chi connectivity index (χ0) is 34.9. The van der Waals surface area contributed by atoms with Crippen molar-refractivity contribution < 1.29 is 31.5 Å². The average molecular weight is 682 g/mol. The molecule has 1 amide bonds. The van der Waals surface area contributed by atoms with Crippen LogP contribution in [0.5, 0.6) is 5.88 Å². The number of halogens is 5. The number of hydrogen-bond acceptors (Lipinski definition) is 7. The summed E-state index contributed by atoms with van der Waals surface area (Å²) in [6, 6.07) is 11.6. The molecule has 3 aliphatic heterocycles. The Kier molecular flexibility index (Phi) is 8.04. The fourth-order valence-electron chi connectivity index (χ4n) is 7.99. The maximum absolute atomic E-state index is 16.9. The van der Waals surface area contributed by atoms with E-state index in [4.69, 9.17) is 10.5 Å². The molecular formula is C35H36F5N7O2. The first-order chi connectivity index (χ1) is 23.3. The van der Waals surface area contributed by atoms with Crippen LogP contribution in [0.25, 0.3) is 11.3 Å². The molecule has 0 radical (unpaired) electrons. The molecule has 2 aromatic heterocycles. The molecule has 4 aromatic rings. The highest BCUT2D eigenvalue weighted by Crippen LogP contribution is 2.48. The van der Waals surface area contributed by atoms with Crippen molar-refractivity contribution in [3.63, 3.8) is 0 Å². The van der Waals surface area contributed by atoms with E-state index in [2.05, 4.69) is 32.4 Å². The number of benzene rings is 2. The first-order valence-electron chi connectivity index (χ1n) is 16.2. The van der Waals surface area contributed by atoms with E-state index in [9.17, 15) is 22.4 Å². The van der Waals surface area contributed by atoms with E-state index >= 15 is 4.39 Å². The number of alkyl halides is 3. The molecule has 258 valence electrons. The monoisotopic (exact) mass is 681 g/mol. The summed E-state index contributed by atoms with van der Waals surface area (Å²) in [5.74, 6) is -3.36. The highest BCUT2D eigenvalue weighted by atomic mass is 19.4. The highest BCUT2D eigenvalue weighted by Gasteiger charge is 2.56. The largest absolute Gasteiger partial charge is 0.472 e. The molecule has 5 heterocycles. The minimum absolute atomic E-state index is 0.0145. The maximum atomic E-state index is 16.9. The van der Waals surface area contributed by atoms with E-state index in [1.54, 1.807) is 35.8 Å². The van der Waals surface area contributed by atoms with Crippen LogP contribution in [0.15, 0.2) is 48.7 Å². The number of carbonyl (C=O) groups excluding carboxylic acids is 1. The summed E-state index contributed by atoms with van der Waals surface area (Å²) in [7, 11) is 1.70. The lowest BCUT2D eigenvalue weighted by Gasteiger charge is -2.51. The van der Waals surface area contributed by atoms with Crippen molar-refractivity contribution in [1.29, 1.82) is 0 Å². The zero-order valence-corrected chi connectivity index (χ0v) is 27.4. The van der Waals surface area contributed by atoms with E-state index in [-0.39, 0.29) is 41.8 Å². The fourth-order valence-corrected chi connectivity index (χ4v) is 7.99. The van der Waals surface area contributed by atoms with E-state index in [1.807, 2.05) is 25.1 Å². The number of aryl methyl sites for hydroxylation is 1. The number of hydrogen-bond donors (Lipinski definition) is 2. The van der Waals surface area contributed by atoms with Crippen molar-refractivity contribution in [2.24, 2.45) is 7.05 Å². The Labute approximate surface area is 279 Å². The normalized spacial score (nSPS) is 23.6. The Balaban J connectivity index is 1.39. The number of fused-ring (bicyclic) bond motifs is 5. The third-order valence-electron chi connectivity index (χ3n) is 10.1. The Bertz CT molecular complexity index is 1930. The molecule has 3 N–H and O–H groups in total. The Morgan fingerprint density at radius 2 is 1.78 bits per heavy atom. The predicted molar refractivity (Wildman–Crippen MR) is 173 cm³/mol. The van der Waals surface area contributed by atoms with E-state index in [0.717, 1.165) is 31.4 Å². The smallest absolute Gasteiger partial charge is 0.417 e. The molecule has 5 atom stereocenters. The van der Waals surface area contributed by atoms with E-state index < -0.39 is 63.9 Å². The van der Waals surface area contributed by atoms with Crippen LogP contribution in [-0.2, 0) is 26.3 Å². The van der Waals surface area contributed by atoms with Crippen molar-refractivity contribution in [2.75, 3.05) is 11.1 Å². The SMILES string of the molecule is Cc1c(F)c(N)cc(-c2nc3c(c(NCc4ccn(C)n4)c2F)C(=O)N2[C@H]([C@H](C)O3)[C@@H]3CC[C@H]([C@H]2C)N3Cc2ccccc2)c1C(F)(F)F. The molecule has 2 saturated heterocycles. The van der Waals surface area contributed by atoms with Gasteiger partial charge in [0, 0.05) is 43.5 Å². The topological polar surface area (TPSA) is 102 Å². The molecule has 9 nitrogen and oxygen atoms in total. The van der Waals surface area contributed by atoms with Crippen LogP contribution >= 0.6 is 0 Å². The number of ether oxygens (including phenoxy) is 1. The molecule has 0 aliphatic carbocycles. The van der Waals surface area contributed by atoms with Crippen molar-refractivity contribution in [3.05, 3.63) is 88.2 Å². The maximum Gasteiger partial charge on any atom is 0.417 e. The lowest BCUT2D eigenvalue weighted by Crippen LogP contribution is -2.67. The van der Waals surface area contributed by atoms with Gasteiger partial charge in [-0.3, -0.25) is 14.4 Å². The van der Waals surface area contributed by atoms with Gasteiger partial charge in [0.15, 0.2) is 5.82 Å². The minimum atomic E-state index is -5.09. The second kappa shape index (κ2) is 12.0. The fraction of sp³-hybridized carbons (Fsp3) is 0.400. The van der Waals surface area contributed by atoms with Gasteiger partial charge in [-0.2, -0.15) is 18.3 Å². The van der Waals surface area contributed by atoms with Gasteiger partial charge in [-0.15, -0.1) is 0 Å². The van der Waals surface area contributed by atoms with Gasteiger partial charge in [0.1, 0.15) is 23.2 Å². The quantitative estimate of drug-likeness (QED) is 0.182. The Morgan fingerprint density at radius 3 is 2.45 bits per heavy atom. The number of nitrogens with one attached hydrogen (secondary N) is 1. The lowest BCUT2D eigenvalue weighted by molar-refractivity contribution is -0.137. The average Bonchev–Trinajstić information content (AvgIpc) is 3.59.